The van der Waals surface area contributed by atoms with Gasteiger partial charge in [-0.1, -0.05) is 0 Å². The second kappa shape index (κ2) is 9.02. The number of halogens is 8. The minimum absolute atomic E-state index is 0.0775. The molecule has 0 nitrogen and oxygen atoms in total. The second-order valence-corrected chi connectivity index (χ2v) is 18.4. The van der Waals surface area contributed by atoms with E-state index < -0.39 is 48.3 Å². The maximum absolute atomic E-state index is 13.6. The molecule has 2 aromatic rings. The van der Waals surface area contributed by atoms with Crippen LogP contribution in [0.2, 0.25) is 0 Å². The molecule has 9 heteroatoms. The van der Waals surface area contributed by atoms with Crippen molar-refractivity contribution in [2.45, 2.75) is 56.0 Å². The van der Waals surface area contributed by atoms with E-state index in [0.717, 1.165) is 23.3 Å². The zero-order valence-electron chi connectivity index (χ0n) is 18.6. The predicted molar refractivity (Wildman–Crippen MR) is 118 cm³/mol. The number of allylic oxidation sites excluding steroid dienone is 1. The van der Waals surface area contributed by atoms with Crippen molar-refractivity contribution in [1.82, 2.24) is 0 Å². The summed E-state index contributed by atoms with van der Waals surface area (Å²) in [6, 6.07) is 5.42. The van der Waals surface area contributed by atoms with Crippen molar-refractivity contribution in [3.05, 3.63) is 63.7 Å². The zero-order chi connectivity index (χ0) is 25.1. The van der Waals surface area contributed by atoms with Crippen LogP contribution in [0.4, 0.5) is 26.3 Å². The van der Waals surface area contributed by atoms with Gasteiger partial charge in [-0.2, -0.15) is 0 Å². The molecule has 1 aliphatic rings. The van der Waals surface area contributed by atoms with Crippen LogP contribution in [0.5, 0.6) is 0 Å². The van der Waals surface area contributed by atoms with E-state index in [1.807, 2.05) is 46.8 Å². The van der Waals surface area contributed by atoms with Gasteiger partial charge in [-0.25, -0.2) is 0 Å². The number of hydrogen-bond acceptors (Lipinski definition) is 0. The third-order valence-electron chi connectivity index (χ3n) is 5.80. The van der Waals surface area contributed by atoms with Gasteiger partial charge in [-0.3, -0.25) is 0 Å². The van der Waals surface area contributed by atoms with Crippen LogP contribution in [0.25, 0.3) is 17.2 Å². The summed E-state index contributed by atoms with van der Waals surface area (Å²) >= 11 is -2.92. The Bertz CT molecular complexity index is 1060. The van der Waals surface area contributed by atoms with E-state index in [9.17, 15) is 26.3 Å². The first-order chi connectivity index (χ1) is 14.9. The molecule has 0 N–H and O–H groups in total. The number of rotatable bonds is 3. The summed E-state index contributed by atoms with van der Waals surface area (Å²) < 4.78 is 81.3. The molecule has 0 aromatic heterocycles. The molecule has 0 saturated carbocycles. The Hall–Kier alpha value is -0.777. The van der Waals surface area contributed by atoms with Gasteiger partial charge in [0.1, 0.15) is 0 Å². The molecular weight excluding hydrogens is 564 g/mol. The Morgan fingerprint density at radius 2 is 1.36 bits per heavy atom. The van der Waals surface area contributed by atoms with Gasteiger partial charge in [-0.05, 0) is 0 Å². The summed E-state index contributed by atoms with van der Waals surface area (Å²) in [4.78, 5) is 0. The second-order valence-electron chi connectivity index (χ2n) is 9.56. The normalized spacial score (nSPS) is 16.8. The Morgan fingerprint density at radius 3 is 1.76 bits per heavy atom. The van der Waals surface area contributed by atoms with Crippen LogP contribution in [-0.4, -0.2) is 0 Å². The van der Waals surface area contributed by atoms with E-state index in [1.54, 1.807) is 6.07 Å². The Balaban J connectivity index is 2.46. The molecule has 0 bridgehead atoms. The standard InChI is InChI=1S/C24H23F6.2ClH.Zr/c1-13(2)15-8-14-6-7-20(22(3,4)5)21(19(14)11-15)16-9-17(23(25,26)27)12-18(10-16)24(28,29)30;;;/h6-13H,1-5H3;2*1H;/q;;;+2/p-2. The molecular formula is C24H23Cl2F6Zr. The molecule has 1 atom stereocenters. The number of hydrogen-bond donors (Lipinski definition) is 0. The maximum atomic E-state index is 13.6. The van der Waals surface area contributed by atoms with Crippen molar-refractivity contribution < 1.29 is 45.7 Å². The van der Waals surface area contributed by atoms with E-state index in [0.29, 0.717) is 16.7 Å². The van der Waals surface area contributed by atoms with Crippen LogP contribution in [0.1, 0.15) is 66.1 Å². The molecule has 3 rings (SSSR count). The van der Waals surface area contributed by atoms with E-state index in [4.69, 9.17) is 17.0 Å². The van der Waals surface area contributed by atoms with Crippen LogP contribution < -0.4 is 0 Å². The Kier molecular flexibility index (Phi) is 7.33. The zero-order valence-corrected chi connectivity index (χ0v) is 22.6. The molecule has 2 aromatic carbocycles. The molecule has 179 valence electrons. The molecule has 0 amide bonds. The molecule has 0 spiro atoms. The van der Waals surface area contributed by atoms with E-state index in [2.05, 4.69) is 0 Å². The SMILES string of the molecule is CC(C)C1=Cc2c(ccc(C(C)(C)C)c2-c2cc(C(F)(F)F)cc(C(F)(F)F)c2)[CH]1[Zr]([Cl])[Cl]. The minimum atomic E-state index is -4.93. The summed E-state index contributed by atoms with van der Waals surface area (Å²) in [5.74, 6) is 0.0775. The molecule has 0 saturated heterocycles. The fraction of sp³-hybridized carbons (Fsp3) is 0.417. The number of alkyl halides is 6. The summed E-state index contributed by atoms with van der Waals surface area (Å²) in [7, 11) is 12.9. The van der Waals surface area contributed by atoms with Crippen molar-refractivity contribution in [3.63, 3.8) is 0 Å². The van der Waals surface area contributed by atoms with Gasteiger partial charge in [0.05, 0.1) is 0 Å². The molecule has 0 fully saturated rings. The van der Waals surface area contributed by atoms with Gasteiger partial charge in [0.25, 0.3) is 0 Å². The van der Waals surface area contributed by atoms with Crippen LogP contribution in [-0.2, 0) is 37.1 Å². The first kappa shape index (κ1) is 26.8. The van der Waals surface area contributed by atoms with Gasteiger partial charge in [0.2, 0.25) is 0 Å². The summed E-state index contributed by atoms with van der Waals surface area (Å²) in [5.41, 5.74) is 0.0717. The monoisotopic (exact) mass is 585 g/mol. The van der Waals surface area contributed by atoms with Crippen molar-refractivity contribution in [2.75, 3.05) is 0 Å². The summed E-state index contributed by atoms with van der Waals surface area (Å²) in [6.45, 7) is 9.57. The summed E-state index contributed by atoms with van der Waals surface area (Å²) in [6.07, 6.45) is -7.98. The Labute approximate surface area is 204 Å². The first-order valence-corrected chi connectivity index (χ1v) is 18.0. The van der Waals surface area contributed by atoms with Crippen molar-refractivity contribution in [3.8, 4) is 11.1 Å². The van der Waals surface area contributed by atoms with Gasteiger partial charge in [0, 0.05) is 0 Å². The predicted octanol–water partition coefficient (Wildman–Crippen LogP) is 9.71. The van der Waals surface area contributed by atoms with Crippen molar-refractivity contribution in [1.29, 1.82) is 0 Å². The molecule has 0 radical (unpaired) electrons. The van der Waals surface area contributed by atoms with E-state index in [1.165, 1.54) is 0 Å². The molecule has 0 heterocycles. The van der Waals surface area contributed by atoms with Crippen molar-refractivity contribution >= 4 is 23.1 Å². The van der Waals surface area contributed by atoms with Gasteiger partial charge in [0.15, 0.2) is 0 Å². The number of benzene rings is 2. The molecule has 33 heavy (non-hydrogen) atoms. The summed E-state index contributed by atoms with van der Waals surface area (Å²) in [5, 5.41) is 0. The quantitative estimate of drug-likeness (QED) is 0.314. The molecule has 0 aliphatic heterocycles. The fourth-order valence-corrected chi connectivity index (χ4v) is 9.97. The first-order valence-electron chi connectivity index (χ1n) is 10.3. The Morgan fingerprint density at radius 1 is 0.848 bits per heavy atom. The van der Waals surface area contributed by atoms with E-state index >= 15 is 0 Å². The average Bonchev–Trinajstić information content (AvgIpc) is 3.05. The van der Waals surface area contributed by atoms with Crippen LogP contribution in [0.3, 0.4) is 0 Å². The van der Waals surface area contributed by atoms with Crippen LogP contribution in [0, 0.1) is 5.92 Å². The number of fused-ring (bicyclic) bond motifs is 1. The molecule has 1 unspecified atom stereocenters. The van der Waals surface area contributed by atoms with Gasteiger partial charge < -0.3 is 0 Å². The third kappa shape index (κ3) is 5.41. The topological polar surface area (TPSA) is 0 Å². The average molecular weight is 588 g/mol. The van der Waals surface area contributed by atoms with Crippen LogP contribution in [0.15, 0.2) is 35.9 Å². The van der Waals surface area contributed by atoms with Gasteiger partial charge in [-0.15, -0.1) is 0 Å². The van der Waals surface area contributed by atoms with E-state index in [-0.39, 0.29) is 21.2 Å². The fourth-order valence-electron chi connectivity index (χ4n) is 4.25. The van der Waals surface area contributed by atoms with Crippen LogP contribution >= 0.6 is 17.0 Å². The van der Waals surface area contributed by atoms with Gasteiger partial charge >= 0.3 is 206 Å². The third-order valence-corrected chi connectivity index (χ3v) is 11.0. The molecule has 1 aliphatic carbocycles. The van der Waals surface area contributed by atoms with Crippen molar-refractivity contribution in [2.24, 2.45) is 5.92 Å².